The summed E-state index contributed by atoms with van der Waals surface area (Å²) in [4.78, 5) is 31.1. The van der Waals surface area contributed by atoms with Crippen molar-refractivity contribution in [2.24, 2.45) is 5.92 Å². The number of anilines is 2. The van der Waals surface area contributed by atoms with Crippen LogP contribution in [-0.2, 0) is 4.79 Å². The zero-order chi connectivity index (χ0) is 17.8. The molecule has 3 rings (SSSR count). The molecule has 1 aromatic carbocycles. The van der Waals surface area contributed by atoms with Gasteiger partial charge in [0.15, 0.2) is 0 Å². The van der Waals surface area contributed by atoms with Crippen LogP contribution in [0.5, 0.6) is 0 Å². The Morgan fingerprint density at radius 1 is 1.22 bits per heavy atom. The van der Waals surface area contributed by atoms with E-state index in [9.17, 15) is 9.59 Å². The van der Waals surface area contributed by atoms with E-state index in [0.717, 1.165) is 18.4 Å². The lowest BCUT2D eigenvalue weighted by atomic mass is 9.96. The number of amides is 2. The van der Waals surface area contributed by atoms with E-state index in [1.165, 1.54) is 0 Å². The minimum atomic E-state index is -0.234. The SMILES string of the molecule is Cc1ccc(NC(=O)C2CCCN(C(=O)c3cccc(N)c3)C2)nc1.Cl.Cl. The van der Waals surface area contributed by atoms with Crippen molar-refractivity contribution in [1.29, 1.82) is 0 Å². The van der Waals surface area contributed by atoms with Gasteiger partial charge in [0.05, 0.1) is 5.92 Å². The van der Waals surface area contributed by atoms with Gasteiger partial charge in [-0.25, -0.2) is 4.98 Å². The maximum atomic E-state index is 12.6. The van der Waals surface area contributed by atoms with Gasteiger partial charge in [-0.15, -0.1) is 24.8 Å². The molecule has 0 spiro atoms. The summed E-state index contributed by atoms with van der Waals surface area (Å²) < 4.78 is 0. The molecule has 2 aromatic rings. The number of benzene rings is 1. The van der Waals surface area contributed by atoms with Gasteiger partial charge in [-0.05, 0) is 49.6 Å². The van der Waals surface area contributed by atoms with E-state index in [1.807, 2.05) is 13.0 Å². The van der Waals surface area contributed by atoms with Crippen LogP contribution in [0.3, 0.4) is 0 Å². The van der Waals surface area contributed by atoms with Gasteiger partial charge in [0.25, 0.3) is 5.91 Å². The van der Waals surface area contributed by atoms with E-state index >= 15 is 0 Å². The second-order valence-electron chi connectivity index (χ2n) is 6.43. The van der Waals surface area contributed by atoms with Crippen molar-refractivity contribution >= 4 is 48.1 Å². The maximum Gasteiger partial charge on any atom is 0.253 e. The molecule has 8 heteroatoms. The number of hydrogen-bond acceptors (Lipinski definition) is 4. The molecular weight excluding hydrogens is 387 g/mol. The molecular formula is C19H24Cl2N4O2. The van der Waals surface area contributed by atoms with Crippen LogP contribution in [0.2, 0.25) is 0 Å². The second-order valence-corrected chi connectivity index (χ2v) is 6.43. The molecule has 1 unspecified atom stereocenters. The maximum absolute atomic E-state index is 12.6. The molecule has 1 aliphatic heterocycles. The van der Waals surface area contributed by atoms with Crippen molar-refractivity contribution in [1.82, 2.24) is 9.88 Å². The summed E-state index contributed by atoms with van der Waals surface area (Å²) in [6.45, 7) is 3.01. The third-order valence-corrected chi connectivity index (χ3v) is 4.38. The lowest BCUT2D eigenvalue weighted by Gasteiger charge is -2.32. The molecule has 27 heavy (non-hydrogen) atoms. The van der Waals surface area contributed by atoms with Crippen molar-refractivity contribution in [2.45, 2.75) is 19.8 Å². The number of rotatable bonds is 3. The van der Waals surface area contributed by atoms with Crippen LogP contribution >= 0.6 is 24.8 Å². The van der Waals surface area contributed by atoms with E-state index in [4.69, 9.17) is 5.73 Å². The Morgan fingerprint density at radius 2 is 2.00 bits per heavy atom. The Labute approximate surface area is 171 Å². The Bertz CT molecular complexity index is 784. The van der Waals surface area contributed by atoms with E-state index in [0.29, 0.717) is 30.2 Å². The van der Waals surface area contributed by atoms with Crippen LogP contribution < -0.4 is 11.1 Å². The van der Waals surface area contributed by atoms with E-state index in [-0.39, 0.29) is 42.5 Å². The lowest BCUT2D eigenvalue weighted by molar-refractivity contribution is -0.121. The molecule has 0 bridgehead atoms. The van der Waals surface area contributed by atoms with Crippen molar-refractivity contribution in [2.75, 3.05) is 24.1 Å². The van der Waals surface area contributed by atoms with Crippen molar-refractivity contribution in [3.05, 3.63) is 53.7 Å². The number of hydrogen-bond donors (Lipinski definition) is 2. The van der Waals surface area contributed by atoms with Gasteiger partial charge >= 0.3 is 0 Å². The van der Waals surface area contributed by atoms with E-state index in [2.05, 4.69) is 10.3 Å². The number of nitrogens with two attached hydrogens (primary N) is 1. The summed E-state index contributed by atoms with van der Waals surface area (Å²) in [6.07, 6.45) is 3.28. The first kappa shape index (κ1) is 22.7. The fourth-order valence-corrected chi connectivity index (χ4v) is 3.00. The Morgan fingerprint density at radius 3 is 2.67 bits per heavy atom. The van der Waals surface area contributed by atoms with Crippen molar-refractivity contribution in [3.63, 3.8) is 0 Å². The molecule has 1 saturated heterocycles. The topological polar surface area (TPSA) is 88.3 Å². The molecule has 1 aliphatic rings. The van der Waals surface area contributed by atoms with Crippen LogP contribution in [0.4, 0.5) is 11.5 Å². The molecule has 2 heterocycles. The molecule has 0 saturated carbocycles. The Kier molecular flexibility index (Phi) is 8.53. The average Bonchev–Trinajstić information content (AvgIpc) is 2.63. The zero-order valence-corrected chi connectivity index (χ0v) is 16.7. The molecule has 1 atom stereocenters. The smallest absolute Gasteiger partial charge is 0.253 e. The van der Waals surface area contributed by atoms with Crippen LogP contribution in [0, 0.1) is 12.8 Å². The highest BCUT2D eigenvalue weighted by molar-refractivity contribution is 5.96. The largest absolute Gasteiger partial charge is 0.399 e. The molecule has 146 valence electrons. The minimum Gasteiger partial charge on any atom is -0.399 e. The van der Waals surface area contributed by atoms with Gasteiger partial charge in [0.1, 0.15) is 5.82 Å². The van der Waals surface area contributed by atoms with Gasteiger partial charge in [0.2, 0.25) is 5.91 Å². The summed E-state index contributed by atoms with van der Waals surface area (Å²) in [6, 6.07) is 10.6. The fourth-order valence-electron chi connectivity index (χ4n) is 3.00. The Hall–Kier alpha value is -2.31. The summed E-state index contributed by atoms with van der Waals surface area (Å²) in [7, 11) is 0. The molecule has 6 nitrogen and oxygen atoms in total. The third kappa shape index (κ3) is 5.84. The van der Waals surface area contributed by atoms with E-state index in [1.54, 1.807) is 41.4 Å². The number of piperidine rings is 1. The third-order valence-electron chi connectivity index (χ3n) is 4.38. The highest BCUT2D eigenvalue weighted by Crippen LogP contribution is 2.21. The zero-order valence-electron chi connectivity index (χ0n) is 15.1. The number of nitrogen functional groups attached to an aromatic ring is 1. The number of pyridine rings is 1. The van der Waals surface area contributed by atoms with Gasteiger partial charge in [-0.2, -0.15) is 0 Å². The highest BCUT2D eigenvalue weighted by Gasteiger charge is 2.29. The summed E-state index contributed by atoms with van der Waals surface area (Å²) in [5.41, 5.74) is 7.91. The quantitative estimate of drug-likeness (QED) is 0.759. The fraction of sp³-hybridized carbons (Fsp3) is 0.316. The summed E-state index contributed by atoms with van der Waals surface area (Å²) in [5.74, 6) is 0.122. The van der Waals surface area contributed by atoms with E-state index < -0.39 is 0 Å². The lowest BCUT2D eigenvalue weighted by Crippen LogP contribution is -2.43. The monoisotopic (exact) mass is 410 g/mol. The molecule has 0 aliphatic carbocycles. The average molecular weight is 411 g/mol. The van der Waals surface area contributed by atoms with Crippen LogP contribution in [0.15, 0.2) is 42.6 Å². The second kappa shape index (κ2) is 10.1. The number of likely N-dealkylation sites (tertiary alicyclic amines) is 1. The molecule has 1 fully saturated rings. The highest BCUT2D eigenvalue weighted by atomic mass is 35.5. The number of halogens is 2. The first-order chi connectivity index (χ1) is 12.0. The minimum absolute atomic E-state index is 0. The number of nitrogens with one attached hydrogen (secondary N) is 1. The standard InChI is InChI=1S/C19H22N4O2.2ClH/c1-13-7-8-17(21-11-13)22-18(24)15-5-3-9-23(12-15)19(25)14-4-2-6-16(20)10-14;;/h2,4,6-8,10-11,15H,3,5,9,12,20H2,1H3,(H,21,22,24);2*1H. The molecule has 0 radical (unpaired) electrons. The first-order valence-electron chi connectivity index (χ1n) is 8.41. The van der Waals surface area contributed by atoms with Crippen LogP contribution in [0.1, 0.15) is 28.8 Å². The number of aromatic nitrogens is 1. The number of nitrogens with zero attached hydrogens (tertiary/aromatic N) is 2. The Balaban J connectivity index is 0.00000182. The number of aryl methyl sites for hydroxylation is 1. The molecule has 3 N–H and O–H groups in total. The van der Waals surface area contributed by atoms with Crippen LogP contribution in [0.25, 0.3) is 0 Å². The van der Waals surface area contributed by atoms with Gasteiger partial charge in [-0.3, -0.25) is 9.59 Å². The van der Waals surface area contributed by atoms with Crippen molar-refractivity contribution < 1.29 is 9.59 Å². The van der Waals surface area contributed by atoms with Gasteiger partial charge in [-0.1, -0.05) is 12.1 Å². The molecule has 1 aromatic heterocycles. The first-order valence-corrected chi connectivity index (χ1v) is 8.41. The van der Waals surface area contributed by atoms with Crippen molar-refractivity contribution in [3.8, 4) is 0 Å². The molecule has 2 amide bonds. The number of carbonyl (C=O) groups excluding carboxylic acids is 2. The predicted octanol–water partition coefficient (Wildman–Crippen LogP) is 3.31. The van der Waals surface area contributed by atoms with Gasteiger partial charge in [0, 0.05) is 30.5 Å². The number of carbonyl (C=O) groups is 2. The predicted molar refractivity (Wildman–Crippen MR) is 112 cm³/mol. The van der Waals surface area contributed by atoms with Gasteiger partial charge < -0.3 is 16.0 Å². The summed E-state index contributed by atoms with van der Waals surface area (Å²) in [5, 5.41) is 2.84. The summed E-state index contributed by atoms with van der Waals surface area (Å²) >= 11 is 0. The van der Waals surface area contributed by atoms with Crippen LogP contribution in [-0.4, -0.2) is 34.8 Å². The normalized spacial score (nSPS) is 15.9.